The van der Waals surface area contributed by atoms with E-state index in [9.17, 15) is 4.39 Å². The van der Waals surface area contributed by atoms with Gasteiger partial charge in [0, 0.05) is 26.5 Å². The highest BCUT2D eigenvalue weighted by molar-refractivity contribution is 7.20. The zero-order chi connectivity index (χ0) is 12.9. The summed E-state index contributed by atoms with van der Waals surface area (Å²) in [5.74, 6) is 0. The molecule has 4 heteroatoms. The molecular weight excluding hydrogens is 247 g/mol. The number of nitrogens with two attached hydrogens (primary N) is 2. The quantitative estimate of drug-likeness (QED) is 0.712. The van der Waals surface area contributed by atoms with Crippen molar-refractivity contribution in [3.63, 3.8) is 0 Å². The van der Waals surface area contributed by atoms with Crippen molar-refractivity contribution < 1.29 is 4.39 Å². The minimum absolute atomic E-state index is 0.567. The standard InChI is InChI=1S/C14H13FN2S/c1-14(15)5-4-9(17)7-12-13(14)10-3-2-8(16)6-11(10)18-12/h2-7H,16-17H2,1H3. The molecule has 0 saturated heterocycles. The van der Waals surface area contributed by atoms with Gasteiger partial charge in [0.25, 0.3) is 0 Å². The fourth-order valence-corrected chi connectivity index (χ4v) is 3.59. The number of benzene rings is 1. The molecule has 1 heterocycles. The summed E-state index contributed by atoms with van der Waals surface area (Å²) >= 11 is 1.52. The molecule has 0 spiro atoms. The molecule has 1 aromatic heterocycles. The van der Waals surface area contributed by atoms with Gasteiger partial charge in [0.2, 0.25) is 0 Å². The van der Waals surface area contributed by atoms with Gasteiger partial charge in [-0.2, -0.15) is 0 Å². The van der Waals surface area contributed by atoms with Crippen molar-refractivity contribution >= 4 is 33.2 Å². The van der Waals surface area contributed by atoms with Crippen LogP contribution in [0.3, 0.4) is 0 Å². The molecule has 0 saturated carbocycles. The van der Waals surface area contributed by atoms with Gasteiger partial charge in [-0.25, -0.2) is 4.39 Å². The Morgan fingerprint density at radius 3 is 2.83 bits per heavy atom. The predicted molar refractivity (Wildman–Crippen MR) is 76.0 cm³/mol. The lowest BCUT2D eigenvalue weighted by atomic mass is 9.95. The van der Waals surface area contributed by atoms with Crippen LogP contribution in [0.5, 0.6) is 0 Å². The molecule has 4 N–H and O–H groups in total. The van der Waals surface area contributed by atoms with E-state index < -0.39 is 5.67 Å². The first kappa shape index (κ1) is 11.3. The summed E-state index contributed by atoms with van der Waals surface area (Å²) in [4.78, 5) is 0.864. The molecule has 0 bridgehead atoms. The van der Waals surface area contributed by atoms with Gasteiger partial charge in [-0.1, -0.05) is 6.07 Å². The smallest absolute Gasteiger partial charge is 0.153 e. The molecule has 2 nitrogen and oxygen atoms in total. The van der Waals surface area contributed by atoms with Gasteiger partial charge in [0.05, 0.1) is 0 Å². The summed E-state index contributed by atoms with van der Waals surface area (Å²) in [6.45, 7) is 1.55. The Bertz CT molecular complexity index is 695. The number of thiophene rings is 1. The summed E-state index contributed by atoms with van der Waals surface area (Å²) in [6.07, 6.45) is 4.94. The van der Waals surface area contributed by atoms with Gasteiger partial charge in [-0.3, -0.25) is 0 Å². The molecule has 1 atom stereocenters. The molecule has 1 aliphatic rings. The first-order valence-electron chi connectivity index (χ1n) is 5.65. The fourth-order valence-electron chi connectivity index (χ4n) is 2.27. The summed E-state index contributed by atoms with van der Waals surface area (Å²) in [5.41, 5.74) is 12.0. The van der Waals surface area contributed by atoms with Crippen LogP contribution in [0, 0.1) is 0 Å². The highest BCUT2D eigenvalue weighted by Gasteiger charge is 2.30. The normalized spacial score (nSPS) is 22.7. The highest BCUT2D eigenvalue weighted by Crippen LogP contribution is 2.43. The first-order valence-corrected chi connectivity index (χ1v) is 6.47. The maximum atomic E-state index is 14.8. The topological polar surface area (TPSA) is 52.0 Å². The zero-order valence-electron chi connectivity index (χ0n) is 9.91. The second kappa shape index (κ2) is 3.59. The van der Waals surface area contributed by atoms with Gasteiger partial charge < -0.3 is 11.5 Å². The van der Waals surface area contributed by atoms with Crippen molar-refractivity contribution in [1.29, 1.82) is 0 Å². The molecule has 1 unspecified atom stereocenters. The average molecular weight is 260 g/mol. The van der Waals surface area contributed by atoms with Crippen molar-refractivity contribution in [1.82, 2.24) is 0 Å². The lowest BCUT2D eigenvalue weighted by Gasteiger charge is -2.15. The third-order valence-electron chi connectivity index (χ3n) is 3.12. The Labute approximate surface area is 108 Å². The van der Waals surface area contributed by atoms with Gasteiger partial charge in [-0.05, 0) is 42.7 Å². The molecule has 3 rings (SSSR count). The minimum Gasteiger partial charge on any atom is -0.399 e. The summed E-state index contributed by atoms with van der Waals surface area (Å²) in [5, 5.41) is 0.907. The summed E-state index contributed by atoms with van der Waals surface area (Å²) < 4.78 is 15.7. The molecule has 0 aliphatic heterocycles. The van der Waals surface area contributed by atoms with Gasteiger partial charge in [0.1, 0.15) is 0 Å². The van der Waals surface area contributed by atoms with Crippen molar-refractivity contribution in [2.45, 2.75) is 12.6 Å². The van der Waals surface area contributed by atoms with Crippen molar-refractivity contribution in [3.8, 4) is 0 Å². The van der Waals surface area contributed by atoms with Crippen LogP contribution in [0.25, 0.3) is 16.2 Å². The van der Waals surface area contributed by atoms with E-state index in [1.165, 1.54) is 17.4 Å². The van der Waals surface area contributed by atoms with E-state index in [0.717, 1.165) is 15.0 Å². The van der Waals surface area contributed by atoms with E-state index >= 15 is 0 Å². The Hall–Kier alpha value is -1.81. The minimum atomic E-state index is -1.51. The van der Waals surface area contributed by atoms with E-state index in [0.29, 0.717) is 16.9 Å². The fraction of sp³-hybridized carbons (Fsp3) is 0.143. The Morgan fingerprint density at radius 2 is 2.06 bits per heavy atom. The van der Waals surface area contributed by atoms with Crippen LogP contribution in [-0.2, 0) is 5.67 Å². The number of allylic oxidation sites excluding steroid dienone is 2. The van der Waals surface area contributed by atoms with Crippen LogP contribution >= 0.6 is 11.3 Å². The summed E-state index contributed by atoms with van der Waals surface area (Å²) in [6, 6.07) is 5.55. The second-order valence-electron chi connectivity index (χ2n) is 4.65. The maximum Gasteiger partial charge on any atom is 0.153 e. The van der Waals surface area contributed by atoms with Crippen LogP contribution < -0.4 is 11.5 Å². The van der Waals surface area contributed by atoms with Crippen molar-refractivity contribution in [3.05, 3.63) is 46.5 Å². The van der Waals surface area contributed by atoms with E-state index in [1.807, 2.05) is 18.2 Å². The number of halogens is 1. The average Bonchev–Trinajstić information content (AvgIpc) is 2.59. The second-order valence-corrected chi connectivity index (χ2v) is 5.73. The SMILES string of the molecule is CC1(F)C=CC(N)=Cc2sc3cc(N)ccc3c21. The number of hydrogen-bond donors (Lipinski definition) is 2. The molecule has 18 heavy (non-hydrogen) atoms. The number of nitrogen functional groups attached to an aromatic ring is 1. The van der Waals surface area contributed by atoms with Crippen LogP contribution in [0.1, 0.15) is 17.4 Å². The van der Waals surface area contributed by atoms with E-state index in [1.54, 1.807) is 19.1 Å². The number of rotatable bonds is 0. The first-order chi connectivity index (χ1) is 8.47. The molecule has 0 radical (unpaired) electrons. The number of fused-ring (bicyclic) bond motifs is 3. The van der Waals surface area contributed by atoms with Gasteiger partial charge in [0.15, 0.2) is 5.67 Å². The van der Waals surface area contributed by atoms with E-state index in [2.05, 4.69) is 0 Å². The van der Waals surface area contributed by atoms with Gasteiger partial charge >= 0.3 is 0 Å². The van der Waals surface area contributed by atoms with Crippen LogP contribution in [-0.4, -0.2) is 0 Å². The Kier molecular flexibility index (Phi) is 2.25. The van der Waals surface area contributed by atoms with Crippen LogP contribution in [0.15, 0.2) is 36.0 Å². The molecule has 0 fully saturated rings. The number of alkyl halides is 1. The molecule has 0 amide bonds. The third-order valence-corrected chi connectivity index (χ3v) is 4.22. The van der Waals surface area contributed by atoms with Crippen LogP contribution in [0.4, 0.5) is 10.1 Å². The molecule has 1 aliphatic carbocycles. The molecule has 2 aromatic rings. The van der Waals surface area contributed by atoms with Crippen LogP contribution in [0.2, 0.25) is 0 Å². The number of hydrogen-bond acceptors (Lipinski definition) is 3. The summed E-state index contributed by atoms with van der Waals surface area (Å²) in [7, 11) is 0. The lowest BCUT2D eigenvalue weighted by molar-refractivity contribution is 0.266. The Balaban J connectivity index is 2.41. The maximum absolute atomic E-state index is 14.8. The monoisotopic (exact) mass is 260 g/mol. The van der Waals surface area contributed by atoms with E-state index in [4.69, 9.17) is 11.5 Å². The van der Waals surface area contributed by atoms with E-state index in [-0.39, 0.29) is 0 Å². The largest absolute Gasteiger partial charge is 0.399 e. The lowest BCUT2D eigenvalue weighted by Crippen LogP contribution is -2.11. The predicted octanol–water partition coefficient (Wildman–Crippen LogP) is 3.54. The Morgan fingerprint density at radius 1 is 1.28 bits per heavy atom. The third kappa shape index (κ3) is 1.61. The van der Waals surface area contributed by atoms with Crippen molar-refractivity contribution in [2.75, 3.05) is 5.73 Å². The molecule has 1 aromatic carbocycles. The van der Waals surface area contributed by atoms with Crippen molar-refractivity contribution in [2.24, 2.45) is 5.73 Å². The van der Waals surface area contributed by atoms with Gasteiger partial charge in [-0.15, -0.1) is 11.3 Å². The molecule has 92 valence electrons. The highest BCUT2D eigenvalue weighted by atomic mass is 32.1. The zero-order valence-corrected chi connectivity index (χ0v) is 10.7. The molecular formula is C14H13FN2S. The number of anilines is 1.